The predicted octanol–water partition coefficient (Wildman–Crippen LogP) is 3.70. The largest absolute Gasteiger partial charge is 0.204 e. The second kappa shape index (κ2) is 4.68. The summed E-state index contributed by atoms with van der Waals surface area (Å²) >= 11 is 5.03. The molecular formula is C8H14BI2. The van der Waals surface area contributed by atoms with Crippen molar-refractivity contribution >= 4 is 50.1 Å². The Morgan fingerprint density at radius 2 is 1.91 bits per heavy atom. The van der Waals surface area contributed by atoms with Gasteiger partial charge in [-0.15, -0.1) is 0 Å². The lowest BCUT2D eigenvalue weighted by molar-refractivity contribution is 0.289. The number of hydrogen-bond acceptors (Lipinski definition) is 0. The molecular weight excluding hydrogens is 361 g/mol. The Morgan fingerprint density at radius 1 is 1.27 bits per heavy atom. The first-order chi connectivity index (χ1) is 5.16. The summed E-state index contributed by atoms with van der Waals surface area (Å²) in [4.78, 5) is 0. The van der Waals surface area contributed by atoms with E-state index in [-0.39, 0.29) is 0 Å². The van der Waals surface area contributed by atoms with E-state index in [0.717, 1.165) is 21.6 Å². The van der Waals surface area contributed by atoms with Gasteiger partial charge in [0.05, 0.1) is 0 Å². The fourth-order valence-electron chi connectivity index (χ4n) is 1.78. The Balaban J connectivity index is 2.55. The van der Waals surface area contributed by atoms with Crippen molar-refractivity contribution in [3.05, 3.63) is 0 Å². The lowest BCUT2D eigenvalue weighted by Gasteiger charge is -2.36. The van der Waals surface area contributed by atoms with Gasteiger partial charge < -0.3 is 0 Å². The highest BCUT2D eigenvalue weighted by Crippen LogP contribution is 2.42. The lowest BCUT2D eigenvalue weighted by atomic mass is 9.65. The molecule has 0 aromatic carbocycles. The first-order valence-electron chi connectivity index (χ1n) is 4.24. The monoisotopic (exact) mass is 375 g/mol. The quantitative estimate of drug-likeness (QED) is 0.373. The Kier molecular flexibility index (Phi) is 4.51. The fourth-order valence-corrected chi connectivity index (χ4v) is 4.95. The molecule has 0 spiro atoms. The molecule has 4 atom stereocenters. The van der Waals surface area contributed by atoms with E-state index >= 15 is 0 Å². The van der Waals surface area contributed by atoms with Crippen molar-refractivity contribution in [1.82, 2.24) is 0 Å². The minimum Gasteiger partial charge on any atom is -0.158 e. The second-order valence-electron chi connectivity index (χ2n) is 3.63. The van der Waals surface area contributed by atoms with Crippen LogP contribution in [0.5, 0.6) is 0 Å². The number of hydrogen-bond donors (Lipinski definition) is 0. The minimum absolute atomic E-state index is 0.847. The van der Waals surface area contributed by atoms with Crippen LogP contribution < -0.4 is 0 Å². The van der Waals surface area contributed by atoms with Crippen molar-refractivity contribution in [1.29, 1.82) is 0 Å². The molecule has 1 aliphatic rings. The molecule has 0 heterocycles. The molecule has 1 radical (unpaired) electrons. The molecule has 1 aliphatic carbocycles. The summed E-state index contributed by atoms with van der Waals surface area (Å²) in [6, 6.07) is 0. The zero-order valence-corrected chi connectivity index (χ0v) is 11.4. The third-order valence-corrected chi connectivity index (χ3v) is 5.25. The molecule has 1 rings (SSSR count). The maximum Gasteiger partial charge on any atom is 0.204 e. The lowest BCUT2D eigenvalue weighted by Crippen LogP contribution is -2.29. The van der Waals surface area contributed by atoms with Crippen LogP contribution in [0.25, 0.3) is 0 Å². The van der Waals surface area contributed by atoms with Crippen molar-refractivity contribution < 1.29 is 0 Å². The summed E-state index contributed by atoms with van der Waals surface area (Å²) in [5.41, 5.74) is 0. The van der Waals surface area contributed by atoms with Crippen molar-refractivity contribution in [2.75, 3.05) is 0 Å². The SMILES string of the molecule is CC1CCC(I)C([B]I)[C@H]1C. The van der Waals surface area contributed by atoms with Gasteiger partial charge >= 0.3 is 0 Å². The average Bonchev–Trinajstić information content (AvgIpc) is 1.99. The van der Waals surface area contributed by atoms with Gasteiger partial charge in [-0.05, 0) is 30.5 Å². The summed E-state index contributed by atoms with van der Waals surface area (Å²) in [5.74, 6) is 2.67. The average molecular weight is 375 g/mol. The highest BCUT2D eigenvalue weighted by molar-refractivity contribution is 14.1. The van der Waals surface area contributed by atoms with Gasteiger partial charge in [0.1, 0.15) is 0 Å². The molecule has 0 aromatic heterocycles. The van der Waals surface area contributed by atoms with Crippen LogP contribution in [0.1, 0.15) is 26.7 Å². The molecule has 0 aromatic rings. The third kappa shape index (κ3) is 2.48. The second-order valence-corrected chi connectivity index (χ2v) is 5.95. The topological polar surface area (TPSA) is 0 Å². The summed E-state index contributed by atoms with van der Waals surface area (Å²) in [6.45, 7) is 4.79. The van der Waals surface area contributed by atoms with Crippen LogP contribution in [-0.2, 0) is 0 Å². The molecule has 1 saturated carbocycles. The molecule has 3 unspecified atom stereocenters. The number of halogens is 2. The third-order valence-electron chi connectivity index (χ3n) is 2.97. The van der Waals surface area contributed by atoms with Crippen LogP contribution in [0.15, 0.2) is 0 Å². The number of alkyl halides is 1. The maximum atomic E-state index is 2.61. The van der Waals surface area contributed by atoms with E-state index in [1.807, 2.05) is 0 Å². The van der Waals surface area contributed by atoms with Gasteiger partial charge in [0, 0.05) is 3.92 Å². The van der Waals surface area contributed by atoms with E-state index in [4.69, 9.17) is 0 Å². The molecule has 0 bridgehead atoms. The minimum atomic E-state index is 0.847. The van der Waals surface area contributed by atoms with Crippen molar-refractivity contribution in [2.45, 2.75) is 36.4 Å². The van der Waals surface area contributed by atoms with Crippen molar-refractivity contribution in [3.63, 3.8) is 0 Å². The number of rotatable bonds is 1. The predicted molar refractivity (Wildman–Crippen MR) is 68.9 cm³/mol. The zero-order chi connectivity index (χ0) is 8.43. The Labute approximate surface area is 97.5 Å². The van der Waals surface area contributed by atoms with Gasteiger partial charge in [-0.2, -0.15) is 22.4 Å². The van der Waals surface area contributed by atoms with Gasteiger partial charge in [-0.3, -0.25) is 0 Å². The van der Waals surface area contributed by atoms with E-state index in [0.29, 0.717) is 0 Å². The molecule has 0 nitrogen and oxygen atoms in total. The van der Waals surface area contributed by atoms with Gasteiger partial charge in [-0.1, -0.05) is 36.4 Å². The van der Waals surface area contributed by atoms with Crippen LogP contribution in [0.3, 0.4) is 0 Å². The molecule has 63 valence electrons. The van der Waals surface area contributed by atoms with Crippen LogP contribution in [0.4, 0.5) is 0 Å². The molecule has 1 fully saturated rings. The molecule has 11 heavy (non-hydrogen) atoms. The molecule has 0 amide bonds. The highest BCUT2D eigenvalue weighted by Gasteiger charge is 2.32. The molecule has 3 heteroatoms. The summed E-state index contributed by atoms with van der Waals surface area (Å²) in [7, 11) is 0. The molecule has 0 aliphatic heterocycles. The first kappa shape index (κ1) is 10.6. The van der Waals surface area contributed by atoms with E-state index in [1.54, 1.807) is 0 Å². The van der Waals surface area contributed by atoms with Gasteiger partial charge in [0.2, 0.25) is 5.14 Å². The normalized spacial score (nSPS) is 45.5. The summed E-state index contributed by atoms with van der Waals surface area (Å²) < 4.78 is 0.885. The standard InChI is InChI=1S/C8H14BI2/c1-5-3-4-7(10)8(9-11)6(5)2/h5-8H,3-4H2,1-2H3/t5?,6-,7?,8?/m0/s1. The maximum absolute atomic E-state index is 2.61. The Bertz CT molecular complexity index is 129. The fraction of sp³-hybridized carbons (Fsp3) is 1.00. The van der Waals surface area contributed by atoms with Crippen LogP contribution >= 0.6 is 45.0 Å². The Hall–Kier alpha value is 1.52. The van der Waals surface area contributed by atoms with Gasteiger partial charge in [-0.25, -0.2) is 0 Å². The zero-order valence-electron chi connectivity index (χ0n) is 7.06. The van der Waals surface area contributed by atoms with Crippen LogP contribution in [0, 0.1) is 11.8 Å². The smallest absolute Gasteiger partial charge is 0.158 e. The van der Waals surface area contributed by atoms with Crippen LogP contribution in [-0.4, -0.2) is 9.06 Å². The molecule has 0 saturated heterocycles. The first-order valence-corrected chi connectivity index (χ1v) is 6.73. The molecule has 0 N–H and O–H groups in total. The Morgan fingerprint density at radius 3 is 2.36 bits per heavy atom. The van der Waals surface area contributed by atoms with E-state index in [1.165, 1.54) is 12.8 Å². The summed E-state index contributed by atoms with van der Waals surface area (Å²) in [6.07, 6.45) is 2.84. The highest BCUT2D eigenvalue weighted by atomic mass is 127. The van der Waals surface area contributed by atoms with Crippen LogP contribution in [0.2, 0.25) is 5.82 Å². The van der Waals surface area contributed by atoms with Gasteiger partial charge in [0.25, 0.3) is 0 Å². The van der Waals surface area contributed by atoms with Crippen molar-refractivity contribution in [2.24, 2.45) is 11.8 Å². The van der Waals surface area contributed by atoms with Crippen molar-refractivity contribution in [3.8, 4) is 0 Å². The van der Waals surface area contributed by atoms with E-state index in [2.05, 4.69) is 63.9 Å². The summed E-state index contributed by atoms with van der Waals surface area (Å²) in [5, 5.41) is 2.37. The van der Waals surface area contributed by atoms with E-state index < -0.39 is 0 Å². The van der Waals surface area contributed by atoms with Gasteiger partial charge in [0.15, 0.2) is 0 Å². The van der Waals surface area contributed by atoms with E-state index in [9.17, 15) is 0 Å².